The Bertz CT molecular complexity index is 963. The summed E-state index contributed by atoms with van der Waals surface area (Å²) in [5, 5.41) is 8.93. The molecule has 0 atom stereocenters. The predicted octanol–water partition coefficient (Wildman–Crippen LogP) is 3.09. The average molecular weight is 411 g/mol. The second-order valence-corrected chi connectivity index (χ2v) is 6.28. The summed E-state index contributed by atoms with van der Waals surface area (Å²) < 4.78 is 22.0. The molecule has 0 radical (unpaired) electrons. The molecular formula is C22H25N3O5. The van der Waals surface area contributed by atoms with Crippen molar-refractivity contribution < 1.29 is 24.1 Å². The van der Waals surface area contributed by atoms with Crippen molar-refractivity contribution in [1.29, 1.82) is 0 Å². The van der Waals surface area contributed by atoms with Crippen LogP contribution in [0.5, 0.6) is 23.0 Å². The average Bonchev–Trinajstić information content (AvgIpc) is 2.79. The maximum atomic E-state index is 8.93. The van der Waals surface area contributed by atoms with Crippen molar-refractivity contribution >= 4 is 5.82 Å². The van der Waals surface area contributed by atoms with Crippen LogP contribution in [0.3, 0.4) is 0 Å². The number of nitrogens with two attached hydrogens (primary N) is 1. The van der Waals surface area contributed by atoms with Crippen molar-refractivity contribution in [2.75, 3.05) is 39.8 Å². The van der Waals surface area contributed by atoms with E-state index in [0.29, 0.717) is 41.8 Å². The molecule has 0 bridgehead atoms. The number of methoxy groups -OCH3 is 2. The van der Waals surface area contributed by atoms with Crippen LogP contribution in [0, 0.1) is 0 Å². The lowest BCUT2D eigenvalue weighted by Crippen LogP contribution is -2.09. The Kier molecular flexibility index (Phi) is 7.42. The highest BCUT2D eigenvalue weighted by atomic mass is 16.5. The fraction of sp³-hybridized carbons (Fsp3) is 0.273. The van der Waals surface area contributed by atoms with Gasteiger partial charge in [-0.3, -0.25) is 0 Å². The van der Waals surface area contributed by atoms with Crippen molar-refractivity contribution in [3.05, 3.63) is 54.2 Å². The zero-order valence-corrected chi connectivity index (χ0v) is 17.0. The quantitative estimate of drug-likeness (QED) is 0.490. The van der Waals surface area contributed by atoms with E-state index in [1.54, 1.807) is 26.4 Å². The summed E-state index contributed by atoms with van der Waals surface area (Å²) in [5.74, 6) is 2.84. The van der Waals surface area contributed by atoms with Crippen LogP contribution in [0.15, 0.2) is 48.5 Å². The predicted molar refractivity (Wildman–Crippen MR) is 113 cm³/mol. The Morgan fingerprint density at radius 3 is 2.30 bits per heavy atom. The van der Waals surface area contributed by atoms with Gasteiger partial charge in [0, 0.05) is 12.0 Å². The van der Waals surface area contributed by atoms with Crippen molar-refractivity contribution in [3.8, 4) is 34.4 Å². The SMILES string of the molecule is COc1ccc(-c2nc(N)c(Oc3ccccc3OC)c(CCOCCO)n2)cc1. The molecule has 158 valence electrons. The molecule has 0 fully saturated rings. The molecule has 3 aromatic rings. The van der Waals surface area contributed by atoms with Crippen LogP contribution in [0.2, 0.25) is 0 Å². The third kappa shape index (κ3) is 5.16. The number of hydrogen-bond acceptors (Lipinski definition) is 8. The van der Waals surface area contributed by atoms with Gasteiger partial charge in [-0.2, -0.15) is 0 Å². The molecule has 1 aromatic heterocycles. The fourth-order valence-corrected chi connectivity index (χ4v) is 2.81. The number of anilines is 1. The second kappa shape index (κ2) is 10.4. The summed E-state index contributed by atoms with van der Waals surface area (Å²) >= 11 is 0. The summed E-state index contributed by atoms with van der Waals surface area (Å²) in [7, 11) is 3.18. The van der Waals surface area contributed by atoms with Gasteiger partial charge >= 0.3 is 0 Å². The van der Waals surface area contributed by atoms with Crippen LogP contribution in [-0.4, -0.2) is 49.1 Å². The van der Waals surface area contributed by atoms with E-state index in [1.165, 1.54) is 0 Å². The molecule has 0 aliphatic rings. The first-order valence-electron chi connectivity index (χ1n) is 9.46. The number of para-hydroxylation sites is 2. The van der Waals surface area contributed by atoms with Crippen LogP contribution in [0.4, 0.5) is 5.82 Å². The van der Waals surface area contributed by atoms with Gasteiger partial charge in [-0.05, 0) is 36.4 Å². The fourth-order valence-electron chi connectivity index (χ4n) is 2.81. The van der Waals surface area contributed by atoms with E-state index in [-0.39, 0.29) is 19.0 Å². The third-order valence-electron chi connectivity index (χ3n) is 4.31. The highest BCUT2D eigenvalue weighted by Gasteiger charge is 2.17. The topological polar surface area (TPSA) is 109 Å². The summed E-state index contributed by atoms with van der Waals surface area (Å²) in [5.41, 5.74) is 7.65. The lowest BCUT2D eigenvalue weighted by Gasteiger charge is -2.16. The number of rotatable bonds is 10. The zero-order valence-electron chi connectivity index (χ0n) is 17.0. The maximum absolute atomic E-state index is 8.93. The summed E-state index contributed by atoms with van der Waals surface area (Å²) in [6, 6.07) is 14.6. The van der Waals surface area contributed by atoms with Crippen molar-refractivity contribution in [3.63, 3.8) is 0 Å². The third-order valence-corrected chi connectivity index (χ3v) is 4.31. The standard InChI is InChI=1S/C22H25N3O5/c1-27-16-9-7-15(8-10-16)22-24-17(11-13-29-14-12-26)20(21(23)25-22)30-19-6-4-3-5-18(19)28-2/h3-10,26H,11-14H2,1-2H3,(H2,23,24,25). The number of ether oxygens (including phenoxy) is 4. The van der Waals surface area contributed by atoms with E-state index in [1.807, 2.05) is 36.4 Å². The first-order valence-corrected chi connectivity index (χ1v) is 9.46. The number of benzene rings is 2. The van der Waals surface area contributed by atoms with E-state index >= 15 is 0 Å². The first kappa shape index (κ1) is 21.4. The number of nitrogens with zero attached hydrogens (tertiary/aromatic N) is 2. The van der Waals surface area contributed by atoms with Gasteiger partial charge in [0.15, 0.2) is 28.9 Å². The number of aliphatic hydroxyl groups is 1. The molecule has 2 aromatic carbocycles. The second-order valence-electron chi connectivity index (χ2n) is 6.28. The van der Waals surface area contributed by atoms with E-state index in [4.69, 9.17) is 29.8 Å². The van der Waals surface area contributed by atoms with Crippen LogP contribution in [0.25, 0.3) is 11.4 Å². The van der Waals surface area contributed by atoms with E-state index < -0.39 is 0 Å². The number of hydrogen-bond donors (Lipinski definition) is 2. The molecule has 8 heteroatoms. The van der Waals surface area contributed by atoms with Crippen LogP contribution in [0.1, 0.15) is 5.69 Å². The highest BCUT2D eigenvalue weighted by Crippen LogP contribution is 2.36. The molecule has 30 heavy (non-hydrogen) atoms. The molecule has 3 N–H and O–H groups in total. The van der Waals surface area contributed by atoms with Gasteiger partial charge in [0.05, 0.1) is 39.7 Å². The Labute approximate surface area is 175 Å². The van der Waals surface area contributed by atoms with Crippen molar-refractivity contribution in [2.45, 2.75) is 6.42 Å². The van der Waals surface area contributed by atoms with Gasteiger partial charge in [0.25, 0.3) is 0 Å². The zero-order chi connectivity index (χ0) is 21.3. The molecule has 0 saturated heterocycles. The van der Waals surface area contributed by atoms with E-state index in [2.05, 4.69) is 9.97 Å². The van der Waals surface area contributed by atoms with Crippen LogP contribution < -0.4 is 19.9 Å². The maximum Gasteiger partial charge on any atom is 0.191 e. The van der Waals surface area contributed by atoms with Gasteiger partial charge in [-0.1, -0.05) is 12.1 Å². The van der Waals surface area contributed by atoms with Gasteiger partial charge in [-0.25, -0.2) is 9.97 Å². The largest absolute Gasteiger partial charge is 0.497 e. The number of aliphatic hydroxyl groups excluding tert-OH is 1. The van der Waals surface area contributed by atoms with Gasteiger partial charge in [0.2, 0.25) is 0 Å². The van der Waals surface area contributed by atoms with Crippen LogP contribution in [-0.2, 0) is 11.2 Å². The summed E-state index contributed by atoms with van der Waals surface area (Å²) in [4.78, 5) is 9.10. The normalized spacial score (nSPS) is 10.6. The molecule has 0 unspecified atom stereocenters. The lowest BCUT2D eigenvalue weighted by molar-refractivity contribution is 0.0938. The molecule has 0 aliphatic heterocycles. The summed E-state index contributed by atoms with van der Waals surface area (Å²) in [6.45, 7) is 0.545. The van der Waals surface area contributed by atoms with Gasteiger partial charge < -0.3 is 29.8 Å². The Hall–Kier alpha value is -3.36. The van der Waals surface area contributed by atoms with E-state index in [0.717, 1.165) is 11.3 Å². The molecule has 0 spiro atoms. The van der Waals surface area contributed by atoms with E-state index in [9.17, 15) is 0 Å². The molecule has 8 nitrogen and oxygen atoms in total. The monoisotopic (exact) mass is 411 g/mol. The minimum atomic E-state index is -0.0480. The molecule has 0 amide bonds. The highest BCUT2D eigenvalue weighted by molar-refractivity contribution is 5.62. The molecule has 0 saturated carbocycles. The molecule has 0 aliphatic carbocycles. The number of nitrogen functional groups attached to an aromatic ring is 1. The minimum absolute atomic E-state index is 0.0480. The Morgan fingerprint density at radius 2 is 1.63 bits per heavy atom. The lowest BCUT2D eigenvalue weighted by atomic mass is 10.2. The van der Waals surface area contributed by atoms with Gasteiger partial charge in [0.1, 0.15) is 5.75 Å². The van der Waals surface area contributed by atoms with Crippen molar-refractivity contribution in [2.24, 2.45) is 0 Å². The van der Waals surface area contributed by atoms with Crippen molar-refractivity contribution in [1.82, 2.24) is 9.97 Å². The summed E-state index contributed by atoms with van der Waals surface area (Å²) in [6.07, 6.45) is 0.431. The first-order chi connectivity index (χ1) is 14.7. The van der Waals surface area contributed by atoms with Crippen LogP contribution >= 0.6 is 0 Å². The minimum Gasteiger partial charge on any atom is -0.497 e. The molecule has 3 rings (SSSR count). The Balaban J connectivity index is 1.97. The Morgan fingerprint density at radius 1 is 0.900 bits per heavy atom. The smallest absolute Gasteiger partial charge is 0.191 e. The molecular weight excluding hydrogens is 386 g/mol. The number of aromatic nitrogens is 2. The van der Waals surface area contributed by atoms with Gasteiger partial charge in [-0.15, -0.1) is 0 Å². The molecule has 1 heterocycles.